The van der Waals surface area contributed by atoms with Crippen molar-refractivity contribution in [3.05, 3.63) is 0 Å². The van der Waals surface area contributed by atoms with E-state index in [1.54, 1.807) is 5.01 Å². The van der Waals surface area contributed by atoms with Crippen LogP contribution in [0.3, 0.4) is 0 Å². The molecule has 0 aromatic heterocycles. The lowest BCUT2D eigenvalue weighted by atomic mass is 10.4. The first kappa shape index (κ1) is 9.88. The van der Waals surface area contributed by atoms with Crippen LogP contribution in [0, 0.1) is 0 Å². The predicted octanol–water partition coefficient (Wildman–Crippen LogP) is 0.607. The van der Waals surface area contributed by atoms with Gasteiger partial charge in [0.25, 0.3) is 0 Å². The summed E-state index contributed by atoms with van der Waals surface area (Å²) in [6.07, 6.45) is 1.34. The van der Waals surface area contributed by atoms with Crippen LogP contribution in [0.2, 0.25) is 0 Å². The van der Waals surface area contributed by atoms with Crippen molar-refractivity contribution in [2.75, 3.05) is 20.2 Å². The third-order valence-electron chi connectivity index (χ3n) is 1.11. The van der Waals surface area contributed by atoms with Gasteiger partial charge in [-0.2, -0.15) is 0 Å². The van der Waals surface area contributed by atoms with Crippen LogP contribution in [-0.4, -0.2) is 31.3 Å². The zero-order valence-electron chi connectivity index (χ0n) is 7.13. The van der Waals surface area contributed by atoms with Crippen molar-refractivity contribution in [3.63, 3.8) is 0 Å². The summed E-state index contributed by atoms with van der Waals surface area (Å²) in [6.45, 7) is 5.77. The Bertz CT molecular complexity index is 64.0. The molecular formula is C7H18N2O. The topological polar surface area (TPSA) is 38.5 Å². The standard InChI is InChI=1S/C7H18N2O/c1-7(2)10-6-4-5-9(3)8/h7H,4-6,8H2,1-3H3. The molecule has 0 rings (SSSR count). The van der Waals surface area contributed by atoms with Crippen molar-refractivity contribution in [2.24, 2.45) is 5.84 Å². The van der Waals surface area contributed by atoms with Gasteiger partial charge >= 0.3 is 0 Å². The minimum atomic E-state index is 0.336. The summed E-state index contributed by atoms with van der Waals surface area (Å²) in [7, 11) is 1.86. The second kappa shape index (κ2) is 5.65. The number of nitrogens with zero attached hydrogens (tertiary/aromatic N) is 1. The molecule has 0 aliphatic rings. The lowest BCUT2D eigenvalue weighted by Crippen LogP contribution is -2.27. The fraction of sp³-hybridized carbons (Fsp3) is 1.00. The van der Waals surface area contributed by atoms with E-state index in [9.17, 15) is 0 Å². The highest BCUT2D eigenvalue weighted by Crippen LogP contribution is 1.89. The lowest BCUT2D eigenvalue weighted by molar-refractivity contribution is 0.0721. The van der Waals surface area contributed by atoms with Gasteiger partial charge in [0.1, 0.15) is 0 Å². The van der Waals surface area contributed by atoms with E-state index in [0.717, 1.165) is 19.6 Å². The maximum atomic E-state index is 5.39. The smallest absolute Gasteiger partial charge is 0.0518 e. The Balaban J connectivity index is 2.91. The highest BCUT2D eigenvalue weighted by molar-refractivity contribution is 4.42. The average Bonchev–Trinajstić information content (AvgIpc) is 1.79. The fourth-order valence-corrected chi connectivity index (χ4v) is 0.633. The Morgan fingerprint density at radius 3 is 2.50 bits per heavy atom. The van der Waals surface area contributed by atoms with Crippen molar-refractivity contribution in [1.29, 1.82) is 0 Å². The van der Waals surface area contributed by atoms with Gasteiger partial charge in [-0.15, -0.1) is 0 Å². The fourth-order valence-electron chi connectivity index (χ4n) is 0.633. The summed E-state index contributed by atoms with van der Waals surface area (Å²) in [6, 6.07) is 0. The van der Waals surface area contributed by atoms with E-state index in [1.165, 1.54) is 0 Å². The van der Waals surface area contributed by atoms with Gasteiger partial charge in [0.05, 0.1) is 6.10 Å². The average molecular weight is 146 g/mol. The zero-order chi connectivity index (χ0) is 7.98. The molecule has 0 amide bonds. The zero-order valence-corrected chi connectivity index (χ0v) is 7.13. The maximum Gasteiger partial charge on any atom is 0.0518 e. The van der Waals surface area contributed by atoms with Crippen LogP contribution in [0.1, 0.15) is 20.3 Å². The molecule has 0 unspecified atom stereocenters. The summed E-state index contributed by atoms with van der Waals surface area (Å²) in [5.74, 6) is 5.39. The number of hydrazine groups is 1. The van der Waals surface area contributed by atoms with Gasteiger partial charge in [0.15, 0.2) is 0 Å². The van der Waals surface area contributed by atoms with Crippen molar-refractivity contribution in [3.8, 4) is 0 Å². The molecule has 10 heavy (non-hydrogen) atoms. The van der Waals surface area contributed by atoms with E-state index in [0.29, 0.717) is 6.10 Å². The SMILES string of the molecule is CC(C)OCCCN(C)N. The second-order valence-corrected chi connectivity index (χ2v) is 2.75. The van der Waals surface area contributed by atoms with E-state index in [1.807, 2.05) is 20.9 Å². The minimum Gasteiger partial charge on any atom is -0.379 e. The monoisotopic (exact) mass is 146 g/mol. The number of ether oxygens (including phenoxy) is 1. The molecule has 0 atom stereocenters. The predicted molar refractivity (Wildman–Crippen MR) is 42.5 cm³/mol. The Morgan fingerprint density at radius 2 is 2.10 bits per heavy atom. The minimum absolute atomic E-state index is 0.336. The third-order valence-corrected chi connectivity index (χ3v) is 1.11. The van der Waals surface area contributed by atoms with Crippen molar-refractivity contribution in [1.82, 2.24) is 5.01 Å². The van der Waals surface area contributed by atoms with Crippen LogP contribution in [0.25, 0.3) is 0 Å². The van der Waals surface area contributed by atoms with Crippen LogP contribution in [0.5, 0.6) is 0 Å². The Morgan fingerprint density at radius 1 is 1.50 bits per heavy atom. The summed E-state index contributed by atoms with van der Waals surface area (Å²) in [5.41, 5.74) is 0. The largest absolute Gasteiger partial charge is 0.379 e. The number of hydrogen-bond donors (Lipinski definition) is 1. The maximum absolute atomic E-state index is 5.39. The molecule has 0 bridgehead atoms. The lowest BCUT2D eigenvalue weighted by Gasteiger charge is -2.10. The van der Waals surface area contributed by atoms with E-state index >= 15 is 0 Å². The van der Waals surface area contributed by atoms with Gasteiger partial charge in [-0.3, -0.25) is 10.9 Å². The molecule has 0 saturated carbocycles. The molecule has 3 heteroatoms. The van der Waals surface area contributed by atoms with E-state index in [2.05, 4.69) is 0 Å². The molecule has 0 fully saturated rings. The van der Waals surface area contributed by atoms with Crippen molar-refractivity contribution in [2.45, 2.75) is 26.4 Å². The highest BCUT2D eigenvalue weighted by Gasteiger charge is 1.93. The molecule has 2 N–H and O–H groups in total. The van der Waals surface area contributed by atoms with Gasteiger partial charge in [-0.1, -0.05) is 0 Å². The van der Waals surface area contributed by atoms with Gasteiger partial charge < -0.3 is 4.74 Å². The Kier molecular flexibility index (Phi) is 5.58. The van der Waals surface area contributed by atoms with Gasteiger partial charge in [0, 0.05) is 20.2 Å². The summed E-state index contributed by atoms with van der Waals surface area (Å²) in [4.78, 5) is 0. The molecule has 0 aromatic rings. The van der Waals surface area contributed by atoms with Crippen LogP contribution < -0.4 is 5.84 Å². The molecule has 0 aliphatic carbocycles. The quantitative estimate of drug-likeness (QED) is 0.351. The van der Waals surface area contributed by atoms with Gasteiger partial charge in [-0.05, 0) is 20.3 Å². The van der Waals surface area contributed by atoms with Crippen molar-refractivity contribution >= 4 is 0 Å². The number of hydrogen-bond acceptors (Lipinski definition) is 3. The Labute approximate surface area is 63.1 Å². The van der Waals surface area contributed by atoms with E-state index in [4.69, 9.17) is 10.6 Å². The molecule has 0 aliphatic heterocycles. The Hall–Kier alpha value is -0.120. The van der Waals surface area contributed by atoms with Gasteiger partial charge in [0.2, 0.25) is 0 Å². The number of nitrogens with two attached hydrogens (primary N) is 1. The highest BCUT2D eigenvalue weighted by atomic mass is 16.5. The summed E-state index contributed by atoms with van der Waals surface area (Å²) >= 11 is 0. The van der Waals surface area contributed by atoms with Crippen LogP contribution in [0.4, 0.5) is 0 Å². The molecule has 0 heterocycles. The molecular weight excluding hydrogens is 128 g/mol. The third kappa shape index (κ3) is 7.88. The van der Waals surface area contributed by atoms with Gasteiger partial charge in [-0.25, -0.2) is 0 Å². The first-order valence-electron chi connectivity index (χ1n) is 3.70. The van der Waals surface area contributed by atoms with Crippen LogP contribution >= 0.6 is 0 Å². The second-order valence-electron chi connectivity index (χ2n) is 2.75. The molecule has 0 aromatic carbocycles. The van der Waals surface area contributed by atoms with E-state index in [-0.39, 0.29) is 0 Å². The van der Waals surface area contributed by atoms with Crippen LogP contribution in [-0.2, 0) is 4.74 Å². The molecule has 3 nitrogen and oxygen atoms in total. The van der Waals surface area contributed by atoms with Crippen molar-refractivity contribution < 1.29 is 4.74 Å². The molecule has 0 saturated heterocycles. The molecule has 62 valence electrons. The first-order chi connectivity index (χ1) is 4.63. The summed E-state index contributed by atoms with van der Waals surface area (Å²) in [5, 5.41) is 1.67. The normalized spacial score (nSPS) is 11.4. The van der Waals surface area contributed by atoms with E-state index < -0.39 is 0 Å². The summed E-state index contributed by atoms with van der Waals surface area (Å²) < 4.78 is 5.31. The molecule has 0 radical (unpaired) electrons. The molecule has 0 spiro atoms. The number of rotatable bonds is 5. The van der Waals surface area contributed by atoms with Crippen LogP contribution in [0.15, 0.2) is 0 Å². The first-order valence-corrected chi connectivity index (χ1v) is 3.70.